The fraction of sp³-hybridized carbons (Fsp3) is 0.375. The number of benzene rings is 1. The van der Waals surface area contributed by atoms with Crippen molar-refractivity contribution in [1.82, 2.24) is 14.7 Å². The molecule has 0 spiro atoms. The average molecular weight is 285 g/mol. The number of ether oxygens (including phenoxy) is 1. The lowest BCUT2D eigenvalue weighted by molar-refractivity contribution is -0.146. The summed E-state index contributed by atoms with van der Waals surface area (Å²) in [5.41, 5.74) is 2.23. The van der Waals surface area contributed by atoms with Crippen LogP contribution in [0.25, 0.3) is 5.69 Å². The van der Waals surface area contributed by atoms with Crippen molar-refractivity contribution in [3.05, 3.63) is 48.3 Å². The molecule has 21 heavy (non-hydrogen) atoms. The Labute approximate surface area is 124 Å². The quantitative estimate of drug-likeness (QED) is 0.806. The Morgan fingerprint density at radius 1 is 1.38 bits per heavy atom. The van der Waals surface area contributed by atoms with Crippen LogP contribution in [0.15, 0.2) is 42.7 Å². The zero-order chi connectivity index (χ0) is 14.7. The summed E-state index contributed by atoms with van der Waals surface area (Å²) in [4.78, 5) is 13.9. The van der Waals surface area contributed by atoms with Crippen molar-refractivity contribution in [2.75, 3.05) is 13.7 Å². The van der Waals surface area contributed by atoms with E-state index in [4.69, 9.17) is 4.74 Å². The highest BCUT2D eigenvalue weighted by Gasteiger charge is 2.31. The Kier molecular flexibility index (Phi) is 4.01. The molecular weight excluding hydrogens is 266 g/mol. The van der Waals surface area contributed by atoms with E-state index in [1.54, 1.807) is 6.20 Å². The molecule has 0 aliphatic carbocycles. The molecule has 1 aromatic carbocycles. The highest BCUT2D eigenvalue weighted by Crippen LogP contribution is 2.21. The number of rotatable bonds is 4. The van der Waals surface area contributed by atoms with Gasteiger partial charge in [0.1, 0.15) is 6.04 Å². The fourth-order valence-corrected chi connectivity index (χ4v) is 2.83. The van der Waals surface area contributed by atoms with E-state index in [2.05, 4.69) is 22.1 Å². The number of likely N-dealkylation sites (tertiary alicyclic amines) is 1. The predicted molar refractivity (Wildman–Crippen MR) is 79.0 cm³/mol. The Morgan fingerprint density at radius 2 is 2.19 bits per heavy atom. The molecule has 0 saturated carbocycles. The summed E-state index contributed by atoms with van der Waals surface area (Å²) < 4.78 is 6.71. The largest absolute Gasteiger partial charge is 0.468 e. The van der Waals surface area contributed by atoms with Gasteiger partial charge in [0.15, 0.2) is 0 Å². The number of nitrogens with zero attached hydrogens (tertiary/aromatic N) is 3. The molecule has 0 bridgehead atoms. The van der Waals surface area contributed by atoms with Crippen LogP contribution < -0.4 is 0 Å². The van der Waals surface area contributed by atoms with Crippen molar-refractivity contribution in [3.8, 4) is 5.69 Å². The molecular formula is C16H19N3O2. The van der Waals surface area contributed by atoms with Crippen LogP contribution in [0.5, 0.6) is 0 Å². The zero-order valence-electron chi connectivity index (χ0n) is 12.1. The third-order valence-corrected chi connectivity index (χ3v) is 3.93. The van der Waals surface area contributed by atoms with Gasteiger partial charge >= 0.3 is 5.97 Å². The first kappa shape index (κ1) is 13.8. The smallest absolute Gasteiger partial charge is 0.323 e. The van der Waals surface area contributed by atoms with Crippen molar-refractivity contribution in [3.63, 3.8) is 0 Å². The average Bonchev–Trinajstić information content (AvgIpc) is 3.18. The summed E-state index contributed by atoms with van der Waals surface area (Å²) in [6.07, 6.45) is 5.62. The third-order valence-electron chi connectivity index (χ3n) is 3.93. The summed E-state index contributed by atoms with van der Waals surface area (Å²) >= 11 is 0. The highest BCUT2D eigenvalue weighted by molar-refractivity contribution is 5.75. The Balaban J connectivity index is 1.69. The standard InChI is InChI=1S/C16H19N3O2/c1-21-16(20)15-4-2-10-18(15)12-13-5-7-14(8-6-13)19-11-3-9-17-19/h3,5-9,11,15H,2,4,10,12H2,1H3/t15-/m0/s1. The van der Waals surface area contributed by atoms with Gasteiger partial charge in [-0.3, -0.25) is 9.69 Å². The maximum absolute atomic E-state index is 11.7. The van der Waals surface area contributed by atoms with Crippen LogP contribution >= 0.6 is 0 Å². The van der Waals surface area contributed by atoms with E-state index < -0.39 is 0 Å². The number of hydrogen-bond donors (Lipinski definition) is 0. The van der Waals surface area contributed by atoms with Crippen molar-refractivity contribution in [2.24, 2.45) is 0 Å². The second-order valence-corrected chi connectivity index (χ2v) is 5.27. The first-order chi connectivity index (χ1) is 10.3. The number of esters is 1. The van der Waals surface area contributed by atoms with Crippen molar-refractivity contribution in [2.45, 2.75) is 25.4 Å². The topological polar surface area (TPSA) is 47.4 Å². The van der Waals surface area contributed by atoms with Gasteiger partial charge in [-0.25, -0.2) is 4.68 Å². The molecule has 2 aromatic rings. The van der Waals surface area contributed by atoms with E-state index in [9.17, 15) is 4.79 Å². The molecule has 0 radical (unpaired) electrons. The molecule has 0 unspecified atom stereocenters. The lowest BCUT2D eigenvalue weighted by atomic mass is 10.1. The van der Waals surface area contributed by atoms with Crippen molar-refractivity contribution >= 4 is 5.97 Å². The normalized spacial score (nSPS) is 18.8. The van der Waals surface area contributed by atoms with Gasteiger partial charge in [-0.05, 0) is 43.1 Å². The molecule has 5 heteroatoms. The molecule has 2 heterocycles. The first-order valence-corrected chi connectivity index (χ1v) is 7.19. The van der Waals surface area contributed by atoms with Crippen LogP contribution in [-0.2, 0) is 16.1 Å². The van der Waals surface area contributed by atoms with E-state index in [0.29, 0.717) is 0 Å². The fourth-order valence-electron chi connectivity index (χ4n) is 2.83. The second kappa shape index (κ2) is 6.10. The third kappa shape index (κ3) is 2.97. The molecule has 1 aliphatic heterocycles. The molecule has 110 valence electrons. The van der Waals surface area contributed by atoms with Gasteiger partial charge in [0.05, 0.1) is 12.8 Å². The minimum absolute atomic E-state index is 0.0965. The predicted octanol–water partition coefficient (Wildman–Crippen LogP) is 2.01. The monoisotopic (exact) mass is 285 g/mol. The summed E-state index contributed by atoms with van der Waals surface area (Å²) in [5.74, 6) is -0.124. The SMILES string of the molecule is COC(=O)[C@@H]1CCCN1Cc1ccc(-n2cccn2)cc1. The molecule has 1 aliphatic rings. The zero-order valence-corrected chi connectivity index (χ0v) is 12.1. The summed E-state index contributed by atoms with van der Waals surface area (Å²) in [7, 11) is 1.46. The van der Waals surface area contributed by atoms with Crippen molar-refractivity contribution < 1.29 is 9.53 Å². The highest BCUT2D eigenvalue weighted by atomic mass is 16.5. The summed E-state index contributed by atoms with van der Waals surface area (Å²) in [6, 6.07) is 10.1. The molecule has 1 fully saturated rings. The minimum atomic E-state index is -0.124. The number of carbonyl (C=O) groups excluding carboxylic acids is 1. The van der Waals surface area contributed by atoms with Crippen LogP contribution in [0.4, 0.5) is 0 Å². The van der Waals surface area contributed by atoms with Crippen LogP contribution in [0.1, 0.15) is 18.4 Å². The first-order valence-electron chi connectivity index (χ1n) is 7.19. The maximum Gasteiger partial charge on any atom is 0.323 e. The number of hydrogen-bond acceptors (Lipinski definition) is 4. The Hall–Kier alpha value is -2.14. The van der Waals surface area contributed by atoms with Crippen LogP contribution in [0.3, 0.4) is 0 Å². The Bertz CT molecular complexity index is 592. The van der Waals surface area contributed by atoms with E-state index in [0.717, 1.165) is 31.6 Å². The summed E-state index contributed by atoms with van der Waals surface area (Å²) in [5, 5.41) is 4.21. The van der Waals surface area contributed by atoms with Crippen LogP contribution in [0, 0.1) is 0 Å². The van der Waals surface area contributed by atoms with E-state index in [1.807, 2.05) is 29.1 Å². The number of methoxy groups -OCH3 is 1. The molecule has 1 atom stereocenters. The van der Waals surface area contributed by atoms with Gasteiger partial charge in [-0.1, -0.05) is 12.1 Å². The molecule has 3 rings (SSSR count). The van der Waals surface area contributed by atoms with E-state index in [-0.39, 0.29) is 12.0 Å². The second-order valence-electron chi connectivity index (χ2n) is 5.27. The number of carbonyl (C=O) groups is 1. The van der Waals surface area contributed by atoms with Gasteiger partial charge in [0.25, 0.3) is 0 Å². The van der Waals surface area contributed by atoms with Gasteiger partial charge in [0, 0.05) is 18.9 Å². The van der Waals surface area contributed by atoms with E-state index in [1.165, 1.54) is 12.7 Å². The molecule has 0 N–H and O–H groups in total. The number of aromatic nitrogens is 2. The lowest BCUT2D eigenvalue weighted by Gasteiger charge is -2.22. The van der Waals surface area contributed by atoms with E-state index >= 15 is 0 Å². The molecule has 1 saturated heterocycles. The van der Waals surface area contributed by atoms with Crippen molar-refractivity contribution in [1.29, 1.82) is 0 Å². The molecule has 1 aromatic heterocycles. The van der Waals surface area contributed by atoms with Crippen LogP contribution in [-0.4, -0.2) is 40.3 Å². The molecule has 5 nitrogen and oxygen atoms in total. The molecule has 0 amide bonds. The van der Waals surface area contributed by atoms with Gasteiger partial charge in [0.2, 0.25) is 0 Å². The Morgan fingerprint density at radius 3 is 2.86 bits per heavy atom. The minimum Gasteiger partial charge on any atom is -0.468 e. The van der Waals surface area contributed by atoms with Gasteiger partial charge in [-0.2, -0.15) is 5.10 Å². The van der Waals surface area contributed by atoms with Gasteiger partial charge in [-0.15, -0.1) is 0 Å². The lowest BCUT2D eigenvalue weighted by Crippen LogP contribution is -2.36. The maximum atomic E-state index is 11.7. The summed E-state index contributed by atoms with van der Waals surface area (Å²) in [6.45, 7) is 1.72. The van der Waals surface area contributed by atoms with Gasteiger partial charge < -0.3 is 4.74 Å². The van der Waals surface area contributed by atoms with Crippen LogP contribution in [0.2, 0.25) is 0 Å².